The third-order valence-electron chi connectivity index (χ3n) is 7.33. The van der Waals surface area contributed by atoms with Gasteiger partial charge in [0.05, 0.1) is 0 Å². The minimum atomic E-state index is 0.0147. The number of nitrogens with one attached hydrogen (secondary N) is 1. The van der Waals surface area contributed by atoms with Crippen molar-refractivity contribution in [3.63, 3.8) is 0 Å². The van der Waals surface area contributed by atoms with Crippen molar-refractivity contribution in [1.82, 2.24) is 14.8 Å². The fourth-order valence-electron chi connectivity index (χ4n) is 5.33. The number of hydrogen-bond acceptors (Lipinski definition) is 3. The summed E-state index contributed by atoms with van der Waals surface area (Å²) < 4.78 is 0. The summed E-state index contributed by atoms with van der Waals surface area (Å²) in [7, 11) is 0. The molecule has 1 unspecified atom stereocenters. The molecule has 1 aromatic heterocycles. The molecule has 4 heteroatoms. The second kappa shape index (κ2) is 9.49. The highest BCUT2D eigenvalue weighted by Crippen LogP contribution is 2.29. The van der Waals surface area contributed by atoms with Gasteiger partial charge in [-0.3, -0.25) is 14.6 Å². The maximum Gasteiger partial charge on any atom is 0.248 e. The SMILES string of the molecule is Cc1cc(CN2CCC(c3cc[nH]c(=O)c3)CC2)c(C)c(CN2CCCCC2C)c1. The number of benzene rings is 1. The Morgan fingerprint density at radius 1 is 0.967 bits per heavy atom. The maximum absolute atomic E-state index is 11.6. The van der Waals surface area contributed by atoms with Gasteiger partial charge in [0.1, 0.15) is 0 Å². The summed E-state index contributed by atoms with van der Waals surface area (Å²) in [6.45, 7) is 12.5. The van der Waals surface area contributed by atoms with E-state index in [9.17, 15) is 4.79 Å². The molecule has 0 radical (unpaired) electrons. The molecular formula is C26H37N3O. The standard InChI is InChI=1S/C26H37N3O/c1-19-14-24(21(3)25(15-19)18-29-11-5-4-6-20(29)2)17-28-12-8-22(9-13-28)23-7-10-27-26(30)16-23/h7,10,14-16,20,22H,4-6,8-9,11-13,17-18H2,1-3H3,(H,27,30). The van der Waals surface area contributed by atoms with E-state index < -0.39 is 0 Å². The van der Waals surface area contributed by atoms with Crippen LogP contribution in [0.4, 0.5) is 0 Å². The van der Waals surface area contributed by atoms with E-state index in [1.165, 1.54) is 53.6 Å². The first-order chi connectivity index (χ1) is 14.5. The largest absolute Gasteiger partial charge is 0.329 e. The molecule has 0 amide bonds. The third-order valence-corrected chi connectivity index (χ3v) is 7.33. The normalized spacial score (nSPS) is 21.8. The predicted octanol–water partition coefficient (Wildman–Crippen LogP) is 4.75. The number of likely N-dealkylation sites (tertiary alicyclic amines) is 2. The quantitative estimate of drug-likeness (QED) is 0.778. The van der Waals surface area contributed by atoms with Gasteiger partial charge < -0.3 is 4.98 Å². The smallest absolute Gasteiger partial charge is 0.248 e. The molecule has 2 saturated heterocycles. The van der Waals surface area contributed by atoms with E-state index in [0.717, 1.165) is 39.0 Å². The first-order valence-corrected chi connectivity index (χ1v) is 11.7. The van der Waals surface area contributed by atoms with E-state index in [1.54, 1.807) is 12.3 Å². The number of H-pyrrole nitrogens is 1. The molecule has 2 aliphatic rings. The zero-order valence-corrected chi connectivity index (χ0v) is 18.9. The van der Waals surface area contributed by atoms with Crippen molar-refractivity contribution >= 4 is 0 Å². The molecular weight excluding hydrogens is 370 g/mol. The lowest BCUT2D eigenvalue weighted by molar-refractivity contribution is 0.152. The molecule has 0 spiro atoms. The van der Waals surface area contributed by atoms with Crippen molar-refractivity contribution < 1.29 is 0 Å². The molecule has 162 valence electrons. The average molecular weight is 408 g/mol. The van der Waals surface area contributed by atoms with Gasteiger partial charge in [-0.15, -0.1) is 0 Å². The molecule has 0 aliphatic carbocycles. The molecule has 3 heterocycles. The van der Waals surface area contributed by atoms with Crippen LogP contribution in [0.25, 0.3) is 0 Å². The lowest BCUT2D eigenvalue weighted by Gasteiger charge is -2.35. The number of nitrogens with zero attached hydrogens (tertiary/aromatic N) is 2. The van der Waals surface area contributed by atoms with Crippen molar-refractivity contribution in [2.45, 2.75) is 77.9 Å². The van der Waals surface area contributed by atoms with Crippen LogP contribution in [0.1, 0.15) is 72.8 Å². The van der Waals surface area contributed by atoms with Gasteiger partial charge in [-0.2, -0.15) is 0 Å². The molecule has 1 aromatic carbocycles. The number of aryl methyl sites for hydroxylation is 1. The molecule has 2 aromatic rings. The first-order valence-electron chi connectivity index (χ1n) is 11.7. The zero-order valence-electron chi connectivity index (χ0n) is 18.9. The second-order valence-electron chi connectivity index (χ2n) is 9.56. The van der Waals surface area contributed by atoms with Crippen LogP contribution in [-0.4, -0.2) is 40.5 Å². The van der Waals surface area contributed by atoms with Crippen LogP contribution in [0.2, 0.25) is 0 Å². The topological polar surface area (TPSA) is 39.3 Å². The fourth-order valence-corrected chi connectivity index (χ4v) is 5.33. The van der Waals surface area contributed by atoms with Gasteiger partial charge in [-0.1, -0.05) is 24.1 Å². The van der Waals surface area contributed by atoms with E-state index in [1.807, 2.05) is 0 Å². The van der Waals surface area contributed by atoms with Gasteiger partial charge in [0.15, 0.2) is 0 Å². The van der Waals surface area contributed by atoms with Crippen LogP contribution in [0.15, 0.2) is 35.3 Å². The summed E-state index contributed by atoms with van der Waals surface area (Å²) in [5, 5.41) is 0. The Morgan fingerprint density at radius 3 is 2.40 bits per heavy atom. The Hall–Kier alpha value is -1.91. The monoisotopic (exact) mass is 407 g/mol. The van der Waals surface area contributed by atoms with E-state index in [0.29, 0.717) is 12.0 Å². The highest BCUT2D eigenvalue weighted by Gasteiger charge is 2.23. The van der Waals surface area contributed by atoms with Crippen LogP contribution in [0.5, 0.6) is 0 Å². The number of rotatable bonds is 5. The summed E-state index contributed by atoms with van der Waals surface area (Å²) >= 11 is 0. The Kier molecular flexibility index (Phi) is 6.74. The van der Waals surface area contributed by atoms with E-state index >= 15 is 0 Å². The van der Waals surface area contributed by atoms with Gasteiger partial charge in [0.25, 0.3) is 0 Å². The average Bonchev–Trinajstić information content (AvgIpc) is 2.73. The Balaban J connectivity index is 1.41. The Morgan fingerprint density at radius 2 is 1.70 bits per heavy atom. The van der Waals surface area contributed by atoms with Crippen molar-refractivity contribution in [2.24, 2.45) is 0 Å². The summed E-state index contributed by atoms with van der Waals surface area (Å²) in [6, 6.07) is 9.34. The van der Waals surface area contributed by atoms with Crippen LogP contribution in [-0.2, 0) is 13.1 Å². The molecule has 30 heavy (non-hydrogen) atoms. The number of pyridine rings is 1. The van der Waals surface area contributed by atoms with E-state index in [-0.39, 0.29) is 5.56 Å². The van der Waals surface area contributed by atoms with Crippen molar-refractivity contribution in [3.05, 3.63) is 68.6 Å². The lowest BCUT2D eigenvalue weighted by atomic mass is 9.89. The molecule has 2 fully saturated rings. The zero-order chi connectivity index (χ0) is 21.1. The molecule has 4 rings (SSSR count). The highest BCUT2D eigenvalue weighted by molar-refractivity contribution is 5.38. The van der Waals surface area contributed by atoms with Gasteiger partial charge in [0, 0.05) is 31.4 Å². The lowest BCUT2D eigenvalue weighted by Crippen LogP contribution is -2.37. The van der Waals surface area contributed by atoms with Crippen LogP contribution in [0, 0.1) is 13.8 Å². The molecule has 0 bridgehead atoms. The van der Waals surface area contributed by atoms with Gasteiger partial charge in [-0.05, 0) is 100 Å². The minimum Gasteiger partial charge on any atom is -0.329 e. The number of hydrogen-bond donors (Lipinski definition) is 1. The first kappa shape index (κ1) is 21.3. The van der Waals surface area contributed by atoms with Crippen molar-refractivity contribution in [1.29, 1.82) is 0 Å². The maximum atomic E-state index is 11.6. The fraction of sp³-hybridized carbons (Fsp3) is 0.577. The molecule has 4 nitrogen and oxygen atoms in total. The molecule has 0 saturated carbocycles. The minimum absolute atomic E-state index is 0.0147. The van der Waals surface area contributed by atoms with Gasteiger partial charge in [0.2, 0.25) is 5.56 Å². The molecule has 2 aliphatic heterocycles. The van der Waals surface area contributed by atoms with Crippen LogP contribution < -0.4 is 5.56 Å². The van der Waals surface area contributed by atoms with Crippen LogP contribution in [0.3, 0.4) is 0 Å². The Bertz CT molecular complexity index is 911. The van der Waals surface area contributed by atoms with Gasteiger partial charge >= 0.3 is 0 Å². The highest BCUT2D eigenvalue weighted by atomic mass is 16.1. The predicted molar refractivity (Wildman–Crippen MR) is 124 cm³/mol. The van der Waals surface area contributed by atoms with Gasteiger partial charge in [-0.25, -0.2) is 0 Å². The van der Waals surface area contributed by atoms with Crippen molar-refractivity contribution in [2.75, 3.05) is 19.6 Å². The van der Waals surface area contributed by atoms with Crippen molar-refractivity contribution in [3.8, 4) is 0 Å². The number of piperidine rings is 2. The third kappa shape index (κ3) is 5.04. The molecule has 1 N–H and O–H groups in total. The number of aromatic nitrogens is 1. The second-order valence-corrected chi connectivity index (χ2v) is 9.56. The molecule has 1 atom stereocenters. The summed E-state index contributed by atoms with van der Waals surface area (Å²) in [5.41, 5.74) is 7.08. The number of aromatic amines is 1. The van der Waals surface area contributed by atoms with Crippen LogP contribution >= 0.6 is 0 Å². The van der Waals surface area contributed by atoms with E-state index in [2.05, 4.69) is 53.8 Å². The Labute approximate surface area is 181 Å². The summed E-state index contributed by atoms with van der Waals surface area (Å²) in [4.78, 5) is 19.6. The van der Waals surface area contributed by atoms with E-state index in [4.69, 9.17) is 0 Å². The summed E-state index contributed by atoms with van der Waals surface area (Å²) in [6.07, 6.45) is 8.09. The summed E-state index contributed by atoms with van der Waals surface area (Å²) in [5.74, 6) is 0.512.